The highest BCUT2D eigenvalue weighted by atomic mass is 16.7. The van der Waals surface area contributed by atoms with Crippen molar-refractivity contribution in [3.8, 4) is 11.5 Å². The number of aliphatic hydroxyl groups excluding tert-OH is 1. The van der Waals surface area contributed by atoms with Crippen LogP contribution in [0, 0.1) is 0 Å². The molecule has 0 spiro atoms. The van der Waals surface area contributed by atoms with Gasteiger partial charge in [0.15, 0.2) is 11.5 Å². The number of fused-ring (bicyclic) bond motifs is 1. The lowest BCUT2D eigenvalue weighted by atomic mass is 10.1. The highest BCUT2D eigenvalue weighted by molar-refractivity contribution is 5.95. The molecule has 6 heteroatoms. The minimum absolute atomic E-state index is 0.00607. The third-order valence-electron chi connectivity index (χ3n) is 4.89. The van der Waals surface area contributed by atoms with Crippen molar-refractivity contribution in [1.29, 1.82) is 0 Å². The highest BCUT2D eigenvalue weighted by Crippen LogP contribution is 2.32. The third-order valence-corrected chi connectivity index (χ3v) is 4.89. The Balaban J connectivity index is 1.32. The van der Waals surface area contributed by atoms with E-state index in [1.165, 1.54) is 0 Å². The molecule has 1 saturated heterocycles. The number of benzene rings is 2. The van der Waals surface area contributed by atoms with Crippen molar-refractivity contribution in [2.24, 2.45) is 0 Å². The summed E-state index contributed by atoms with van der Waals surface area (Å²) in [5, 5.41) is 10.4. The first kappa shape index (κ1) is 16.9. The van der Waals surface area contributed by atoms with E-state index in [0.29, 0.717) is 36.7 Å². The first-order valence-electron chi connectivity index (χ1n) is 8.85. The standard InChI is InChI=1S/C20H22N2O4/c23-17(15-4-2-1-3-5-15)13-21-8-10-22(11-9-21)20(24)16-6-7-18-19(12-16)26-14-25-18/h1-7,12,17,23H,8-11,13-14H2. The molecule has 2 aromatic carbocycles. The van der Waals surface area contributed by atoms with Crippen molar-refractivity contribution in [2.45, 2.75) is 6.10 Å². The van der Waals surface area contributed by atoms with Crippen LogP contribution in [0.3, 0.4) is 0 Å². The van der Waals surface area contributed by atoms with Gasteiger partial charge in [0, 0.05) is 38.3 Å². The number of piperazine rings is 1. The minimum Gasteiger partial charge on any atom is -0.454 e. The van der Waals surface area contributed by atoms with Crippen molar-refractivity contribution in [3.05, 3.63) is 59.7 Å². The van der Waals surface area contributed by atoms with E-state index in [0.717, 1.165) is 18.7 Å². The number of nitrogens with zero attached hydrogens (tertiary/aromatic N) is 2. The fraction of sp³-hybridized carbons (Fsp3) is 0.350. The normalized spacial score (nSPS) is 18.0. The second-order valence-corrected chi connectivity index (χ2v) is 6.59. The van der Waals surface area contributed by atoms with Gasteiger partial charge >= 0.3 is 0 Å². The molecular weight excluding hydrogens is 332 g/mol. The monoisotopic (exact) mass is 354 g/mol. The van der Waals surface area contributed by atoms with Crippen molar-refractivity contribution in [3.63, 3.8) is 0 Å². The lowest BCUT2D eigenvalue weighted by Gasteiger charge is -2.35. The number of carbonyl (C=O) groups excluding carboxylic acids is 1. The van der Waals surface area contributed by atoms with Gasteiger partial charge in [-0.05, 0) is 23.8 Å². The molecule has 2 aliphatic rings. The maximum atomic E-state index is 12.7. The fourth-order valence-electron chi connectivity index (χ4n) is 3.37. The molecule has 6 nitrogen and oxygen atoms in total. The van der Waals surface area contributed by atoms with Crippen LogP contribution in [-0.4, -0.2) is 60.3 Å². The van der Waals surface area contributed by atoms with Gasteiger partial charge in [-0.25, -0.2) is 0 Å². The maximum Gasteiger partial charge on any atom is 0.254 e. The molecule has 2 aromatic rings. The first-order chi connectivity index (χ1) is 12.7. The molecule has 1 fully saturated rings. The summed E-state index contributed by atoms with van der Waals surface area (Å²) in [7, 11) is 0. The molecule has 2 heterocycles. The summed E-state index contributed by atoms with van der Waals surface area (Å²) in [5.74, 6) is 1.31. The number of rotatable bonds is 4. The Kier molecular flexibility index (Phi) is 4.77. The van der Waals surface area contributed by atoms with E-state index >= 15 is 0 Å². The van der Waals surface area contributed by atoms with E-state index in [9.17, 15) is 9.90 Å². The van der Waals surface area contributed by atoms with Crippen molar-refractivity contribution < 1.29 is 19.4 Å². The quantitative estimate of drug-likeness (QED) is 0.909. The van der Waals surface area contributed by atoms with Crippen LogP contribution in [0.25, 0.3) is 0 Å². The van der Waals surface area contributed by atoms with Crippen LogP contribution < -0.4 is 9.47 Å². The topological polar surface area (TPSA) is 62.2 Å². The molecule has 1 unspecified atom stereocenters. The molecule has 0 aromatic heterocycles. The Labute approximate surface area is 152 Å². The SMILES string of the molecule is O=C(c1ccc2c(c1)OCO2)N1CCN(CC(O)c2ccccc2)CC1. The van der Waals surface area contributed by atoms with Crippen molar-refractivity contribution >= 4 is 5.91 Å². The Morgan fingerprint density at radius 2 is 1.73 bits per heavy atom. The average Bonchev–Trinajstić information content (AvgIpc) is 3.16. The van der Waals surface area contributed by atoms with Gasteiger partial charge in [-0.3, -0.25) is 9.69 Å². The van der Waals surface area contributed by atoms with Crippen LogP contribution >= 0.6 is 0 Å². The third kappa shape index (κ3) is 3.52. The van der Waals surface area contributed by atoms with Gasteiger partial charge in [-0.2, -0.15) is 0 Å². The molecule has 136 valence electrons. The molecule has 1 atom stereocenters. The molecule has 1 N–H and O–H groups in total. The van der Waals surface area contributed by atoms with Crippen LogP contribution in [0.15, 0.2) is 48.5 Å². The fourth-order valence-corrected chi connectivity index (χ4v) is 3.37. The number of aliphatic hydroxyl groups is 1. The summed E-state index contributed by atoms with van der Waals surface area (Å²) in [6.45, 7) is 3.58. The summed E-state index contributed by atoms with van der Waals surface area (Å²) in [4.78, 5) is 16.8. The predicted molar refractivity (Wildman–Crippen MR) is 96.3 cm³/mol. The van der Waals surface area contributed by atoms with Crippen LogP contribution in [0.2, 0.25) is 0 Å². The van der Waals surface area contributed by atoms with Gasteiger partial charge in [0.2, 0.25) is 6.79 Å². The molecule has 1 amide bonds. The summed E-state index contributed by atoms with van der Waals surface area (Å²) in [6.07, 6.45) is -0.507. The van der Waals surface area contributed by atoms with Gasteiger partial charge in [0.25, 0.3) is 5.91 Å². The zero-order chi connectivity index (χ0) is 17.9. The number of hydrogen-bond donors (Lipinski definition) is 1. The Morgan fingerprint density at radius 3 is 2.50 bits per heavy atom. The molecule has 2 aliphatic heterocycles. The molecule has 26 heavy (non-hydrogen) atoms. The number of carbonyl (C=O) groups is 1. The second kappa shape index (κ2) is 7.35. The smallest absolute Gasteiger partial charge is 0.254 e. The van der Waals surface area contributed by atoms with E-state index in [1.807, 2.05) is 35.2 Å². The zero-order valence-corrected chi connectivity index (χ0v) is 14.5. The van der Waals surface area contributed by atoms with Gasteiger partial charge < -0.3 is 19.5 Å². The average molecular weight is 354 g/mol. The second-order valence-electron chi connectivity index (χ2n) is 6.59. The Bertz CT molecular complexity index is 773. The number of β-amino-alcohol motifs (C(OH)–C–C–N with tert-alkyl or cyclic N) is 1. The van der Waals surface area contributed by atoms with E-state index in [2.05, 4.69) is 4.90 Å². The van der Waals surface area contributed by atoms with Crippen LogP contribution in [0.5, 0.6) is 11.5 Å². The molecule has 0 bridgehead atoms. The van der Waals surface area contributed by atoms with Crippen LogP contribution in [0.1, 0.15) is 22.0 Å². The summed E-state index contributed by atoms with van der Waals surface area (Å²) in [6, 6.07) is 15.0. The Hall–Kier alpha value is -2.57. The number of ether oxygens (including phenoxy) is 2. The van der Waals surface area contributed by atoms with Gasteiger partial charge in [0.05, 0.1) is 6.10 Å². The van der Waals surface area contributed by atoms with E-state index in [4.69, 9.17) is 9.47 Å². The Morgan fingerprint density at radius 1 is 1.00 bits per heavy atom. The molecule has 0 saturated carbocycles. The lowest BCUT2D eigenvalue weighted by Crippen LogP contribution is -2.49. The van der Waals surface area contributed by atoms with Gasteiger partial charge in [0.1, 0.15) is 0 Å². The molecule has 4 rings (SSSR count). The summed E-state index contributed by atoms with van der Waals surface area (Å²) >= 11 is 0. The first-order valence-corrected chi connectivity index (χ1v) is 8.85. The number of amides is 1. The van der Waals surface area contributed by atoms with Crippen LogP contribution in [-0.2, 0) is 0 Å². The minimum atomic E-state index is -0.507. The zero-order valence-electron chi connectivity index (χ0n) is 14.5. The number of hydrogen-bond acceptors (Lipinski definition) is 5. The molecule has 0 radical (unpaired) electrons. The van der Waals surface area contributed by atoms with Crippen molar-refractivity contribution in [2.75, 3.05) is 39.5 Å². The molecular formula is C20H22N2O4. The van der Waals surface area contributed by atoms with Gasteiger partial charge in [-0.15, -0.1) is 0 Å². The van der Waals surface area contributed by atoms with Crippen LogP contribution in [0.4, 0.5) is 0 Å². The lowest BCUT2D eigenvalue weighted by molar-refractivity contribution is 0.0527. The van der Waals surface area contributed by atoms with E-state index in [1.54, 1.807) is 18.2 Å². The largest absolute Gasteiger partial charge is 0.454 e. The predicted octanol–water partition coefficient (Wildman–Crippen LogP) is 1.91. The van der Waals surface area contributed by atoms with E-state index < -0.39 is 6.10 Å². The summed E-state index contributed by atoms with van der Waals surface area (Å²) < 4.78 is 10.6. The maximum absolute atomic E-state index is 12.7. The summed E-state index contributed by atoms with van der Waals surface area (Å²) in [5.41, 5.74) is 1.54. The highest BCUT2D eigenvalue weighted by Gasteiger charge is 2.25. The van der Waals surface area contributed by atoms with E-state index in [-0.39, 0.29) is 12.7 Å². The van der Waals surface area contributed by atoms with Gasteiger partial charge in [-0.1, -0.05) is 30.3 Å². The molecule has 0 aliphatic carbocycles. The van der Waals surface area contributed by atoms with Crippen molar-refractivity contribution in [1.82, 2.24) is 9.80 Å².